The Bertz CT molecular complexity index is 1330. The van der Waals surface area contributed by atoms with Crippen molar-refractivity contribution >= 4 is 22.8 Å². The molecule has 0 amide bonds. The van der Waals surface area contributed by atoms with Crippen molar-refractivity contribution in [1.29, 1.82) is 0 Å². The van der Waals surface area contributed by atoms with E-state index in [1.807, 2.05) is 63.2 Å². The second-order valence-electron chi connectivity index (χ2n) is 9.43. The molecule has 3 aromatic carbocycles. The lowest BCUT2D eigenvalue weighted by atomic mass is 9.97. The molecule has 0 aliphatic carbocycles. The third-order valence-corrected chi connectivity index (χ3v) is 5.55. The van der Waals surface area contributed by atoms with Crippen LogP contribution >= 0.6 is 0 Å². The normalized spacial score (nSPS) is 11.5. The van der Waals surface area contributed by atoms with E-state index in [0.717, 1.165) is 35.3 Å². The van der Waals surface area contributed by atoms with E-state index >= 15 is 0 Å². The molecule has 4 aromatic rings. The van der Waals surface area contributed by atoms with E-state index in [0.29, 0.717) is 17.7 Å². The van der Waals surface area contributed by atoms with Crippen molar-refractivity contribution in [2.75, 3.05) is 0 Å². The summed E-state index contributed by atoms with van der Waals surface area (Å²) in [6.07, 6.45) is 1.93. The maximum Gasteiger partial charge on any atom is 0.339 e. The number of benzene rings is 3. The highest BCUT2D eigenvalue weighted by Gasteiger charge is 2.23. The van der Waals surface area contributed by atoms with Crippen molar-refractivity contribution in [3.05, 3.63) is 101 Å². The summed E-state index contributed by atoms with van der Waals surface area (Å²) in [7, 11) is 0. The van der Waals surface area contributed by atoms with Crippen LogP contribution in [-0.4, -0.2) is 26.9 Å². The number of nitrogens with zero attached hydrogens (tertiary/aromatic N) is 2. The largest absolute Gasteiger partial charge is 0.456 e. The fourth-order valence-corrected chi connectivity index (χ4v) is 4.01. The van der Waals surface area contributed by atoms with E-state index in [4.69, 9.17) is 9.72 Å². The van der Waals surface area contributed by atoms with E-state index in [1.165, 1.54) is 0 Å². The fraction of sp³-hybridized carbons (Fsp3) is 0.276. The molecule has 0 aliphatic heterocycles. The van der Waals surface area contributed by atoms with Gasteiger partial charge in [0.2, 0.25) is 0 Å². The van der Waals surface area contributed by atoms with E-state index in [1.54, 1.807) is 24.3 Å². The number of aryl methyl sites for hydroxylation is 1. The zero-order valence-corrected chi connectivity index (χ0v) is 20.2. The van der Waals surface area contributed by atoms with Crippen molar-refractivity contribution in [3.8, 4) is 0 Å². The Labute approximate surface area is 200 Å². The standard InChI is InChI=1S/C29H30N2O3/c1-5-10-26-30-24-13-8-9-14-25(24)31(26)19-20-15-17-21(18-16-20)27(32)22-11-6-7-12-23(22)28(33)34-29(2,3)4/h6-9,11-18H,5,10,19H2,1-4H3. The Balaban J connectivity index is 1.59. The molecule has 1 heterocycles. The first-order valence-corrected chi connectivity index (χ1v) is 11.7. The highest BCUT2D eigenvalue weighted by atomic mass is 16.6. The van der Waals surface area contributed by atoms with Crippen LogP contribution in [0.2, 0.25) is 0 Å². The van der Waals surface area contributed by atoms with Crippen molar-refractivity contribution in [2.45, 2.75) is 52.7 Å². The highest BCUT2D eigenvalue weighted by molar-refractivity contribution is 6.14. The number of rotatable bonds is 7. The Hall–Kier alpha value is -3.73. The molecule has 0 saturated carbocycles. The van der Waals surface area contributed by atoms with Gasteiger partial charge in [-0.15, -0.1) is 0 Å². The maximum absolute atomic E-state index is 13.3. The van der Waals surface area contributed by atoms with E-state index < -0.39 is 11.6 Å². The zero-order valence-electron chi connectivity index (χ0n) is 20.2. The summed E-state index contributed by atoms with van der Waals surface area (Å²) in [4.78, 5) is 30.7. The van der Waals surface area contributed by atoms with E-state index in [9.17, 15) is 9.59 Å². The van der Waals surface area contributed by atoms with E-state index in [-0.39, 0.29) is 11.3 Å². The molecule has 0 N–H and O–H groups in total. The Morgan fingerprint density at radius 1 is 0.882 bits per heavy atom. The average molecular weight is 455 g/mol. The Morgan fingerprint density at radius 2 is 1.53 bits per heavy atom. The monoisotopic (exact) mass is 454 g/mol. The molecule has 0 spiro atoms. The molecule has 0 saturated heterocycles. The summed E-state index contributed by atoms with van der Waals surface area (Å²) in [5.41, 5.74) is 3.70. The van der Waals surface area contributed by atoms with Crippen LogP contribution in [0.5, 0.6) is 0 Å². The first-order valence-electron chi connectivity index (χ1n) is 11.7. The molecule has 0 atom stereocenters. The first-order chi connectivity index (χ1) is 16.3. The van der Waals surface area contributed by atoms with Gasteiger partial charge in [0.1, 0.15) is 11.4 Å². The maximum atomic E-state index is 13.3. The number of hydrogen-bond acceptors (Lipinski definition) is 4. The van der Waals surface area contributed by atoms with Crippen molar-refractivity contribution in [1.82, 2.24) is 9.55 Å². The molecule has 34 heavy (non-hydrogen) atoms. The summed E-state index contributed by atoms with van der Waals surface area (Å²) in [6.45, 7) is 8.26. The molecule has 0 aliphatic rings. The van der Waals surface area contributed by atoms with Gasteiger partial charge in [0.15, 0.2) is 5.78 Å². The number of aromatic nitrogens is 2. The van der Waals surface area contributed by atoms with Gasteiger partial charge in [-0.05, 0) is 51.0 Å². The molecule has 4 rings (SSSR count). The molecular formula is C29H30N2O3. The molecule has 0 fully saturated rings. The predicted octanol–water partition coefficient (Wildman–Crippen LogP) is 6.22. The van der Waals surface area contributed by atoms with Gasteiger partial charge in [-0.2, -0.15) is 0 Å². The van der Waals surface area contributed by atoms with Crippen LogP contribution in [0.25, 0.3) is 11.0 Å². The van der Waals surface area contributed by atoms with Gasteiger partial charge in [0.25, 0.3) is 0 Å². The number of para-hydroxylation sites is 2. The minimum absolute atomic E-state index is 0.201. The second kappa shape index (κ2) is 9.64. The number of hydrogen-bond donors (Lipinski definition) is 0. The van der Waals surface area contributed by atoms with Gasteiger partial charge in [0, 0.05) is 24.1 Å². The van der Waals surface area contributed by atoms with Crippen molar-refractivity contribution in [3.63, 3.8) is 0 Å². The fourth-order valence-electron chi connectivity index (χ4n) is 4.01. The van der Waals surface area contributed by atoms with Gasteiger partial charge < -0.3 is 9.30 Å². The third-order valence-electron chi connectivity index (χ3n) is 5.55. The molecule has 0 bridgehead atoms. The minimum atomic E-state index is -0.636. The summed E-state index contributed by atoms with van der Waals surface area (Å²) < 4.78 is 7.74. The zero-order chi connectivity index (χ0) is 24.3. The lowest BCUT2D eigenvalue weighted by molar-refractivity contribution is 0.00679. The summed E-state index contributed by atoms with van der Waals surface area (Å²) in [5.74, 6) is 0.367. The molecule has 5 heteroatoms. The molecule has 174 valence electrons. The van der Waals surface area contributed by atoms with Crippen LogP contribution < -0.4 is 0 Å². The molecular weight excluding hydrogens is 424 g/mol. The number of ether oxygens (including phenoxy) is 1. The van der Waals surface area contributed by atoms with Gasteiger partial charge in [-0.25, -0.2) is 9.78 Å². The minimum Gasteiger partial charge on any atom is -0.456 e. The summed E-state index contributed by atoms with van der Waals surface area (Å²) in [5, 5.41) is 0. The summed E-state index contributed by atoms with van der Waals surface area (Å²) >= 11 is 0. The third kappa shape index (κ3) is 5.09. The van der Waals surface area contributed by atoms with Crippen LogP contribution in [0.1, 0.15) is 71.8 Å². The smallest absolute Gasteiger partial charge is 0.339 e. The van der Waals surface area contributed by atoms with E-state index in [2.05, 4.69) is 17.6 Å². The van der Waals surface area contributed by atoms with Gasteiger partial charge >= 0.3 is 5.97 Å². The number of ketones is 1. The first kappa shape index (κ1) is 23.4. The Kier molecular flexibility index (Phi) is 6.64. The van der Waals surface area contributed by atoms with Crippen LogP contribution in [0.4, 0.5) is 0 Å². The lowest BCUT2D eigenvalue weighted by Gasteiger charge is -2.20. The molecule has 1 aromatic heterocycles. The average Bonchev–Trinajstić information content (AvgIpc) is 3.15. The molecule has 5 nitrogen and oxygen atoms in total. The quantitative estimate of drug-likeness (QED) is 0.246. The number of imidazole rings is 1. The lowest BCUT2D eigenvalue weighted by Crippen LogP contribution is -2.25. The number of carbonyl (C=O) groups excluding carboxylic acids is 2. The van der Waals surface area contributed by atoms with Crippen LogP contribution in [-0.2, 0) is 17.7 Å². The number of carbonyl (C=O) groups is 2. The number of esters is 1. The Morgan fingerprint density at radius 3 is 2.21 bits per heavy atom. The van der Waals surface area contributed by atoms with Crippen LogP contribution in [0.15, 0.2) is 72.8 Å². The van der Waals surface area contributed by atoms with Crippen LogP contribution in [0, 0.1) is 0 Å². The SMILES string of the molecule is CCCc1nc2ccccc2n1Cc1ccc(C(=O)c2ccccc2C(=O)OC(C)(C)C)cc1. The predicted molar refractivity (Wildman–Crippen MR) is 134 cm³/mol. The van der Waals surface area contributed by atoms with Crippen molar-refractivity contribution < 1.29 is 14.3 Å². The summed E-state index contributed by atoms with van der Waals surface area (Å²) in [6, 6.07) is 22.5. The van der Waals surface area contributed by atoms with Gasteiger partial charge in [-0.3, -0.25) is 4.79 Å². The van der Waals surface area contributed by atoms with Gasteiger partial charge in [0.05, 0.1) is 16.6 Å². The highest BCUT2D eigenvalue weighted by Crippen LogP contribution is 2.22. The van der Waals surface area contributed by atoms with Crippen LogP contribution in [0.3, 0.4) is 0 Å². The topological polar surface area (TPSA) is 61.2 Å². The second-order valence-corrected chi connectivity index (χ2v) is 9.43. The molecule has 0 unspecified atom stereocenters. The van der Waals surface area contributed by atoms with Crippen molar-refractivity contribution in [2.24, 2.45) is 0 Å². The number of fused-ring (bicyclic) bond motifs is 1. The van der Waals surface area contributed by atoms with Gasteiger partial charge in [-0.1, -0.05) is 61.5 Å². The molecule has 0 radical (unpaired) electrons.